The smallest absolute Gasteiger partial charge is 0.134 e. The average Bonchev–Trinajstić information content (AvgIpc) is 2.85. The van der Waals surface area contributed by atoms with Crippen molar-refractivity contribution in [2.45, 2.75) is 51.5 Å². The van der Waals surface area contributed by atoms with Crippen molar-refractivity contribution in [2.24, 2.45) is 23.7 Å². The minimum Gasteiger partial charge on any atom is -0.308 e. The lowest BCUT2D eigenvalue weighted by Crippen LogP contribution is -2.18. The molecule has 4 rings (SSSR count). The van der Waals surface area contributed by atoms with Crippen LogP contribution in [0.2, 0.25) is 0 Å². The zero-order valence-electron chi connectivity index (χ0n) is 11.8. The largest absolute Gasteiger partial charge is 0.308 e. The number of hydrogen-bond acceptors (Lipinski definition) is 4. The number of fused-ring (bicyclic) bond motifs is 5. The Kier molecular flexibility index (Phi) is 2.92. The molecule has 2 bridgehead atoms. The third kappa shape index (κ3) is 1.87. The Morgan fingerprint density at radius 1 is 1.26 bits per heavy atom. The van der Waals surface area contributed by atoms with Gasteiger partial charge in [-0.15, -0.1) is 10.2 Å². The highest BCUT2D eigenvalue weighted by Crippen LogP contribution is 2.73. The van der Waals surface area contributed by atoms with Crippen molar-refractivity contribution in [3.63, 3.8) is 0 Å². The van der Waals surface area contributed by atoms with E-state index in [9.17, 15) is 0 Å². The molecule has 3 aliphatic carbocycles. The number of nitrogens with zero attached hydrogens (tertiary/aromatic N) is 2. The summed E-state index contributed by atoms with van der Waals surface area (Å²) >= 11 is 1.87. The predicted molar refractivity (Wildman–Crippen MR) is 77.2 cm³/mol. The van der Waals surface area contributed by atoms with E-state index in [0.717, 1.165) is 36.1 Å². The summed E-state index contributed by atoms with van der Waals surface area (Å²) in [5.41, 5.74) is 0. The lowest BCUT2D eigenvalue weighted by molar-refractivity contribution is 0.456. The summed E-state index contributed by atoms with van der Waals surface area (Å²) in [5.74, 6) is 4.82. The predicted octanol–water partition coefficient (Wildman–Crippen LogP) is 3.36. The SMILES string of the molecule is CCCNC(C)c1nnc(C2C3C4CCC(C4)C23)s1. The molecule has 4 heteroatoms. The number of nitrogens with one attached hydrogen (secondary N) is 1. The second kappa shape index (κ2) is 4.52. The van der Waals surface area contributed by atoms with Crippen molar-refractivity contribution in [3.8, 4) is 0 Å². The molecule has 0 saturated heterocycles. The molecular weight excluding hydrogens is 254 g/mol. The van der Waals surface area contributed by atoms with Crippen LogP contribution in [0.5, 0.6) is 0 Å². The van der Waals surface area contributed by atoms with Gasteiger partial charge in [0.2, 0.25) is 0 Å². The maximum atomic E-state index is 4.52. The first-order valence-corrected chi connectivity index (χ1v) is 8.68. The van der Waals surface area contributed by atoms with Crippen LogP contribution in [-0.4, -0.2) is 16.7 Å². The monoisotopic (exact) mass is 277 g/mol. The molecule has 0 aliphatic heterocycles. The molecule has 19 heavy (non-hydrogen) atoms. The molecule has 104 valence electrons. The van der Waals surface area contributed by atoms with Crippen LogP contribution in [0.25, 0.3) is 0 Å². The van der Waals surface area contributed by atoms with Gasteiger partial charge in [0.15, 0.2) is 0 Å². The van der Waals surface area contributed by atoms with Crippen LogP contribution in [-0.2, 0) is 0 Å². The summed E-state index contributed by atoms with van der Waals surface area (Å²) in [4.78, 5) is 0. The van der Waals surface area contributed by atoms with Crippen LogP contribution in [0.15, 0.2) is 0 Å². The van der Waals surface area contributed by atoms with Crippen LogP contribution >= 0.6 is 11.3 Å². The number of hydrogen-bond donors (Lipinski definition) is 1. The van der Waals surface area contributed by atoms with Gasteiger partial charge in [-0.1, -0.05) is 18.3 Å². The van der Waals surface area contributed by atoms with Crippen LogP contribution in [0.1, 0.15) is 61.5 Å². The molecule has 1 N–H and O–H groups in total. The fourth-order valence-corrected chi connectivity index (χ4v) is 5.75. The van der Waals surface area contributed by atoms with E-state index in [1.807, 2.05) is 11.3 Å². The van der Waals surface area contributed by atoms with Gasteiger partial charge in [-0.25, -0.2) is 0 Å². The molecule has 1 aromatic rings. The van der Waals surface area contributed by atoms with Gasteiger partial charge in [0.05, 0.1) is 6.04 Å². The van der Waals surface area contributed by atoms with E-state index in [-0.39, 0.29) is 0 Å². The third-order valence-corrected chi connectivity index (χ3v) is 6.75. The normalized spacial score (nSPS) is 40.4. The highest BCUT2D eigenvalue weighted by molar-refractivity contribution is 7.11. The Morgan fingerprint density at radius 2 is 2.00 bits per heavy atom. The maximum Gasteiger partial charge on any atom is 0.134 e. The van der Waals surface area contributed by atoms with Crippen LogP contribution in [0.4, 0.5) is 0 Å². The summed E-state index contributed by atoms with van der Waals surface area (Å²) in [6, 6.07) is 0.363. The molecule has 1 heterocycles. The van der Waals surface area contributed by atoms with Crippen LogP contribution < -0.4 is 5.32 Å². The second-order valence-electron chi connectivity index (χ2n) is 6.67. The molecule has 3 nitrogen and oxygen atoms in total. The Hall–Kier alpha value is -0.480. The van der Waals surface area contributed by atoms with Crippen molar-refractivity contribution < 1.29 is 0 Å². The Labute approximate surface area is 119 Å². The highest BCUT2D eigenvalue weighted by atomic mass is 32.1. The molecule has 3 aliphatic rings. The van der Waals surface area contributed by atoms with E-state index in [1.165, 1.54) is 35.7 Å². The van der Waals surface area contributed by atoms with Crippen molar-refractivity contribution in [1.82, 2.24) is 15.5 Å². The van der Waals surface area contributed by atoms with Gasteiger partial charge in [-0.3, -0.25) is 0 Å². The Bertz CT molecular complexity index is 456. The number of aromatic nitrogens is 2. The summed E-state index contributed by atoms with van der Waals surface area (Å²) in [6.07, 6.45) is 5.67. The van der Waals surface area contributed by atoms with Gasteiger partial charge in [-0.05, 0) is 62.8 Å². The zero-order chi connectivity index (χ0) is 13.0. The van der Waals surface area contributed by atoms with Gasteiger partial charge < -0.3 is 5.32 Å². The first kappa shape index (κ1) is 12.3. The van der Waals surface area contributed by atoms with Crippen molar-refractivity contribution in [3.05, 3.63) is 10.0 Å². The average molecular weight is 277 g/mol. The van der Waals surface area contributed by atoms with Gasteiger partial charge in [0, 0.05) is 5.92 Å². The van der Waals surface area contributed by atoms with Crippen molar-refractivity contribution in [1.29, 1.82) is 0 Å². The quantitative estimate of drug-likeness (QED) is 0.897. The molecule has 1 aromatic heterocycles. The first-order chi connectivity index (χ1) is 9.29. The molecule has 0 aromatic carbocycles. The molecule has 5 atom stereocenters. The van der Waals surface area contributed by atoms with Crippen molar-refractivity contribution >= 4 is 11.3 Å². The summed E-state index contributed by atoms with van der Waals surface area (Å²) in [6.45, 7) is 5.47. The van der Waals surface area contributed by atoms with Crippen LogP contribution in [0, 0.1) is 23.7 Å². The van der Waals surface area contributed by atoms with E-state index in [0.29, 0.717) is 6.04 Å². The lowest BCUT2D eigenvalue weighted by Gasteiger charge is -2.08. The van der Waals surface area contributed by atoms with E-state index in [2.05, 4.69) is 29.4 Å². The zero-order valence-corrected chi connectivity index (χ0v) is 12.6. The van der Waals surface area contributed by atoms with E-state index >= 15 is 0 Å². The summed E-state index contributed by atoms with van der Waals surface area (Å²) < 4.78 is 0. The minimum absolute atomic E-state index is 0.363. The van der Waals surface area contributed by atoms with Crippen LogP contribution in [0.3, 0.4) is 0 Å². The molecule has 3 fully saturated rings. The number of rotatable bonds is 5. The van der Waals surface area contributed by atoms with Gasteiger partial charge in [0.1, 0.15) is 10.0 Å². The standard InChI is InChI=1S/C15H23N3S/c1-3-6-16-8(2)14-17-18-15(19-14)13-11-9-4-5-10(7-9)12(11)13/h8-13,16H,3-7H2,1-2H3. The molecule has 0 amide bonds. The fourth-order valence-electron chi connectivity index (χ4n) is 4.66. The van der Waals surface area contributed by atoms with E-state index in [4.69, 9.17) is 0 Å². The Morgan fingerprint density at radius 3 is 2.68 bits per heavy atom. The van der Waals surface area contributed by atoms with E-state index < -0.39 is 0 Å². The minimum atomic E-state index is 0.363. The molecule has 0 spiro atoms. The van der Waals surface area contributed by atoms with Crippen molar-refractivity contribution in [2.75, 3.05) is 6.54 Å². The highest BCUT2D eigenvalue weighted by Gasteiger charge is 2.66. The lowest BCUT2D eigenvalue weighted by atomic mass is 10.0. The summed E-state index contributed by atoms with van der Waals surface area (Å²) in [5, 5.41) is 15.0. The molecule has 5 unspecified atom stereocenters. The van der Waals surface area contributed by atoms with Gasteiger partial charge >= 0.3 is 0 Å². The van der Waals surface area contributed by atoms with E-state index in [1.54, 1.807) is 0 Å². The molecular formula is C15H23N3S. The maximum absolute atomic E-state index is 4.52. The summed E-state index contributed by atoms with van der Waals surface area (Å²) in [7, 11) is 0. The first-order valence-electron chi connectivity index (χ1n) is 7.86. The topological polar surface area (TPSA) is 37.8 Å². The van der Waals surface area contributed by atoms with Gasteiger partial charge in [-0.2, -0.15) is 0 Å². The van der Waals surface area contributed by atoms with Gasteiger partial charge in [0.25, 0.3) is 0 Å². The fraction of sp³-hybridized carbons (Fsp3) is 0.867. The molecule has 3 saturated carbocycles. The third-order valence-electron chi connectivity index (χ3n) is 5.55. The molecule has 0 radical (unpaired) electrons. The Balaban J connectivity index is 1.45. The second-order valence-corrected chi connectivity index (χ2v) is 7.71.